The monoisotopic (exact) mass is 366 g/mol. The van der Waals surface area contributed by atoms with Gasteiger partial charge in [0.1, 0.15) is 6.04 Å². The van der Waals surface area contributed by atoms with E-state index in [4.69, 9.17) is 0 Å². The number of nitrogens with zero attached hydrogens (tertiary/aromatic N) is 3. The summed E-state index contributed by atoms with van der Waals surface area (Å²) in [5.74, 6) is 0.196. The largest absolute Gasteiger partial charge is 0.330 e. The van der Waals surface area contributed by atoms with Gasteiger partial charge in [0.05, 0.1) is 5.69 Å². The quantitative estimate of drug-likeness (QED) is 0.902. The summed E-state index contributed by atoms with van der Waals surface area (Å²) in [4.78, 5) is 27.6. The smallest absolute Gasteiger partial charge is 0.247 e. The molecule has 1 saturated heterocycles. The van der Waals surface area contributed by atoms with Crippen LogP contribution in [0.3, 0.4) is 0 Å². The first-order chi connectivity index (χ1) is 13.2. The number of likely N-dealkylation sites (tertiary alicyclic amines) is 1. The Morgan fingerprint density at radius 3 is 2.67 bits per heavy atom. The molecular weight excluding hydrogens is 340 g/mol. The molecule has 0 radical (unpaired) electrons. The topological polar surface area (TPSA) is 67.2 Å². The molecule has 0 spiro atoms. The third kappa shape index (κ3) is 3.89. The van der Waals surface area contributed by atoms with Crippen LogP contribution >= 0.6 is 0 Å². The molecule has 1 aliphatic heterocycles. The van der Waals surface area contributed by atoms with Crippen molar-refractivity contribution >= 4 is 17.5 Å². The van der Waals surface area contributed by atoms with E-state index >= 15 is 0 Å². The molecule has 1 saturated carbocycles. The van der Waals surface area contributed by atoms with Gasteiger partial charge in [-0.15, -0.1) is 0 Å². The maximum atomic E-state index is 12.9. The summed E-state index contributed by atoms with van der Waals surface area (Å²) in [7, 11) is 0. The van der Waals surface area contributed by atoms with Crippen LogP contribution in [0.25, 0.3) is 5.69 Å². The lowest BCUT2D eigenvalue weighted by Crippen LogP contribution is -2.46. The molecule has 1 unspecified atom stereocenters. The van der Waals surface area contributed by atoms with E-state index in [1.54, 1.807) is 10.9 Å². The average molecular weight is 366 g/mol. The first-order valence-electron chi connectivity index (χ1n) is 9.94. The van der Waals surface area contributed by atoms with Crippen LogP contribution in [0, 0.1) is 5.92 Å². The molecule has 6 heteroatoms. The number of nitrogens with one attached hydrogen (secondary N) is 1. The lowest BCUT2D eigenvalue weighted by molar-refractivity contribution is -0.141. The number of rotatable bonds is 4. The molecule has 1 aliphatic carbocycles. The fraction of sp³-hybridized carbons (Fsp3) is 0.476. The number of hydrogen-bond acceptors (Lipinski definition) is 3. The maximum Gasteiger partial charge on any atom is 0.247 e. The summed E-state index contributed by atoms with van der Waals surface area (Å²) in [6, 6.07) is 9.11. The first kappa shape index (κ1) is 17.8. The van der Waals surface area contributed by atoms with E-state index in [9.17, 15) is 9.59 Å². The SMILES string of the molecule is O=C(Nc1cccc(-n2cccn2)c1)C1CCCN1C(=O)C1CCCCC1. The Morgan fingerprint density at radius 1 is 1.04 bits per heavy atom. The van der Waals surface area contributed by atoms with Gasteiger partial charge in [-0.3, -0.25) is 9.59 Å². The molecule has 1 atom stereocenters. The second-order valence-electron chi connectivity index (χ2n) is 7.51. The summed E-state index contributed by atoms with van der Waals surface area (Å²) in [5.41, 5.74) is 1.62. The van der Waals surface area contributed by atoms with Crippen LogP contribution in [0.1, 0.15) is 44.9 Å². The van der Waals surface area contributed by atoms with Gasteiger partial charge in [-0.05, 0) is 49.9 Å². The molecule has 1 N–H and O–H groups in total. The van der Waals surface area contributed by atoms with Crippen molar-refractivity contribution in [1.29, 1.82) is 0 Å². The minimum atomic E-state index is -0.354. The Kier molecular flexibility index (Phi) is 5.23. The number of benzene rings is 1. The molecular formula is C21H26N4O2. The lowest BCUT2D eigenvalue weighted by Gasteiger charge is -2.30. The van der Waals surface area contributed by atoms with Crippen molar-refractivity contribution in [2.45, 2.75) is 51.0 Å². The van der Waals surface area contributed by atoms with Crippen LogP contribution in [-0.4, -0.2) is 39.1 Å². The zero-order valence-electron chi connectivity index (χ0n) is 15.5. The highest BCUT2D eigenvalue weighted by Gasteiger charge is 2.37. The van der Waals surface area contributed by atoms with Crippen LogP contribution in [0.2, 0.25) is 0 Å². The Labute approximate surface area is 159 Å². The predicted octanol–water partition coefficient (Wildman–Crippen LogP) is 3.38. The molecule has 2 heterocycles. The Balaban J connectivity index is 1.44. The zero-order valence-corrected chi connectivity index (χ0v) is 15.5. The number of carbonyl (C=O) groups excluding carboxylic acids is 2. The van der Waals surface area contributed by atoms with E-state index in [0.717, 1.165) is 49.9 Å². The highest BCUT2D eigenvalue weighted by molar-refractivity contribution is 5.98. The molecule has 2 aromatic rings. The van der Waals surface area contributed by atoms with Crippen LogP contribution in [0.5, 0.6) is 0 Å². The lowest BCUT2D eigenvalue weighted by atomic mass is 9.88. The second kappa shape index (κ2) is 7.94. The van der Waals surface area contributed by atoms with Gasteiger partial charge in [0.25, 0.3) is 0 Å². The minimum absolute atomic E-state index is 0.0886. The Hall–Kier alpha value is -2.63. The molecule has 2 aliphatic rings. The normalized spacial score (nSPS) is 20.6. The zero-order chi connectivity index (χ0) is 18.6. The van der Waals surface area contributed by atoms with Gasteiger partial charge in [-0.2, -0.15) is 5.10 Å². The van der Waals surface area contributed by atoms with Crippen molar-refractivity contribution in [2.24, 2.45) is 5.92 Å². The molecule has 2 amide bonds. The van der Waals surface area contributed by atoms with Crippen LogP contribution in [-0.2, 0) is 9.59 Å². The number of amides is 2. The van der Waals surface area contributed by atoms with Gasteiger partial charge in [0, 0.05) is 30.5 Å². The van der Waals surface area contributed by atoms with Gasteiger partial charge >= 0.3 is 0 Å². The van der Waals surface area contributed by atoms with E-state index in [2.05, 4.69) is 10.4 Å². The fourth-order valence-electron chi connectivity index (χ4n) is 4.26. The standard InChI is InChI=1S/C21H26N4O2/c26-20(23-17-9-4-10-18(15-17)25-14-6-12-22-25)19-11-5-13-24(19)21(27)16-7-2-1-3-8-16/h4,6,9-10,12,14-16,19H,1-3,5,7-8,11,13H2,(H,23,26). The summed E-state index contributed by atoms with van der Waals surface area (Å²) >= 11 is 0. The van der Waals surface area contributed by atoms with Crippen molar-refractivity contribution in [3.8, 4) is 5.69 Å². The van der Waals surface area contributed by atoms with Crippen molar-refractivity contribution in [1.82, 2.24) is 14.7 Å². The molecule has 0 bridgehead atoms. The minimum Gasteiger partial charge on any atom is -0.330 e. The van der Waals surface area contributed by atoms with Crippen molar-refractivity contribution in [3.63, 3.8) is 0 Å². The summed E-state index contributed by atoms with van der Waals surface area (Å²) in [6.07, 6.45) is 10.6. The molecule has 27 heavy (non-hydrogen) atoms. The summed E-state index contributed by atoms with van der Waals surface area (Å²) in [6.45, 7) is 0.695. The van der Waals surface area contributed by atoms with Gasteiger partial charge < -0.3 is 10.2 Å². The third-order valence-electron chi connectivity index (χ3n) is 5.68. The highest BCUT2D eigenvalue weighted by Crippen LogP contribution is 2.29. The van der Waals surface area contributed by atoms with Gasteiger partial charge in [-0.1, -0.05) is 25.3 Å². The molecule has 142 valence electrons. The fourth-order valence-corrected chi connectivity index (χ4v) is 4.26. The molecule has 4 rings (SSSR count). The first-order valence-corrected chi connectivity index (χ1v) is 9.94. The summed E-state index contributed by atoms with van der Waals surface area (Å²) < 4.78 is 1.75. The molecule has 2 fully saturated rings. The summed E-state index contributed by atoms with van der Waals surface area (Å²) in [5, 5.41) is 7.22. The van der Waals surface area contributed by atoms with Crippen LogP contribution < -0.4 is 5.32 Å². The predicted molar refractivity (Wildman–Crippen MR) is 104 cm³/mol. The van der Waals surface area contributed by atoms with Gasteiger partial charge in [-0.25, -0.2) is 4.68 Å². The van der Waals surface area contributed by atoms with E-state index in [0.29, 0.717) is 6.54 Å². The third-order valence-corrected chi connectivity index (χ3v) is 5.68. The van der Waals surface area contributed by atoms with Gasteiger partial charge in [0.15, 0.2) is 0 Å². The maximum absolute atomic E-state index is 12.9. The molecule has 1 aromatic carbocycles. The van der Waals surface area contributed by atoms with E-state index in [1.807, 2.05) is 41.4 Å². The number of carbonyl (C=O) groups is 2. The van der Waals surface area contributed by atoms with E-state index < -0.39 is 0 Å². The van der Waals surface area contributed by atoms with E-state index in [1.165, 1.54) is 6.42 Å². The van der Waals surface area contributed by atoms with Crippen LogP contribution in [0.4, 0.5) is 5.69 Å². The van der Waals surface area contributed by atoms with Crippen molar-refractivity contribution in [2.75, 3.05) is 11.9 Å². The van der Waals surface area contributed by atoms with Gasteiger partial charge in [0.2, 0.25) is 11.8 Å². The van der Waals surface area contributed by atoms with Crippen LogP contribution in [0.15, 0.2) is 42.7 Å². The highest BCUT2D eigenvalue weighted by atomic mass is 16.2. The molecule has 1 aromatic heterocycles. The van der Waals surface area contributed by atoms with E-state index in [-0.39, 0.29) is 23.8 Å². The Morgan fingerprint density at radius 2 is 1.89 bits per heavy atom. The second-order valence-corrected chi connectivity index (χ2v) is 7.51. The van der Waals surface area contributed by atoms with Crippen molar-refractivity contribution in [3.05, 3.63) is 42.7 Å². The Bertz CT molecular complexity index is 796. The number of anilines is 1. The number of hydrogen-bond donors (Lipinski definition) is 1. The molecule has 6 nitrogen and oxygen atoms in total. The number of aromatic nitrogens is 2. The average Bonchev–Trinajstić information content (AvgIpc) is 3.40. The van der Waals surface area contributed by atoms with Crippen molar-refractivity contribution < 1.29 is 9.59 Å².